The third kappa shape index (κ3) is 3.51. The minimum atomic E-state index is 0.0165. The van der Waals surface area contributed by atoms with Gasteiger partial charge in [-0.3, -0.25) is 9.48 Å². The number of aromatic nitrogens is 2. The molecule has 0 aliphatic carbocycles. The number of hydrogen-bond donors (Lipinski definition) is 1. The molecule has 0 bridgehead atoms. The molecule has 2 aromatic heterocycles. The van der Waals surface area contributed by atoms with Crippen LogP contribution in [0.25, 0.3) is 10.2 Å². The van der Waals surface area contributed by atoms with E-state index in [-0.39, 0.29) is 11.9 Å². The van der Waals surface area contributed by atoms with E-state index in [0.717, 1.165) is 40.2 Å². The first kappa shape index (κ1) is 16.7. The lowest BCUT2D eigenvalue weighted by molar-refractivity contribution is 0.0942. The van der Waals surface area contributed by atoms with Gasteiger partial charge in [0.2, 0.25) is 0 Å². The first-order valence-electron chi connectivity index (χ1n) is 8.40. The molecule has 0 aliphatic heterocycles. The molecule has 1 atom stereocenters. The standard InChI is InChI=1S/C19H23N3OS/c1-4-8-13(2)20-18(23)17-11-16-14(3)21-22(19(16)24-17)12-15-9-6-5-7-10-15/h5-7,9-11,13H,4,8,12H2,1-3H3,(H,20,23)/t13-/m0/s1. The Bertz CT molecular complexity index is 835. The van der Waals surface area contributed by atoms with E-state index in [1.165, 1.54) is 16.9 Å². The number of thiophene rings is 1. The monoisotopic (exact) mass is 341 g/mol. The van der Waals surface area contributed by atoms with Crippen molar-refractivity contribution in [3.63, 3.8) is 0 Å². The van der Waals surface area contributed by atoms with Crippen molar-refractivity contribution in [1.29, 1.82) is 0 Å². The number of fused-ring (bicyclic) bond motifs is 1. The van der Waals surface area contributed by atoms with Crippen molar-refractivity contribution in [3.8, 4) is 0 Å². The predicted octanol–water partition coefficient (Wildman–Crippen LogP) is 4.37. The smallest absolute Gasteiger partial charge is 0.261 e. The zero-order valence-electron chi connectivity index (χ0n) is 14.4. The van der Waals surface area contributed by atoms with Crippen LogP contribution in [0.1, 0.15) is 47.6 Å². The van der Waals surface area contributed by atoms with Gasteiger partial charge in [-0.05, 0) is 31.9 Å². The van der Waals surface area contributed by atoms with Crippen LogP contribution in [-0.2, 0) is 6.54 Å². The second-order valence-corrected chi connectivity index (χ2v) is 7.25. The van der Waals surface area contributed by atoms with Gasteiger partial charge in [0.05, 0.1) is 17.1 Å². The SMILES string of the molecule is CCC[C@H](C)NC(=O)c1cc2c(C)nn(Cc3ccccc3)c2s1. The molecule has 0 radical (unpaired) electrons. The Kier molecular flexibility index (Phi) is 5.00. The van der Waals surface area contributed by atoms with Gasteiger partial charge in [-0.15, -0.1) is 11.3 Å². The highest BCUT2D eigenvalue weighted by molar-refractivity contribution is 7.20. The summed E-state index contributed by atoms with van der Waals surface area (Å²) in [5.41, 5.74) is 2.18. The zero-order chi connectivity index (χ0) is 17.1. The summed E-state index contributed by atoms with van der Waals surface area (Å²) < 4.78 is 2.00. The molecule has 1 aromatic carbocycles. The number of benzene rings is 1. The van der Waals surface area contributed by atoms with Crippen molar-refractivity contribution in [1.82, 2.24) is 15.1 Å². The fraction of sp³-hybridized carbons (Fsp3) is 0.368. The molecule has 3 aromatic rings. The minimum absolute atomic E-state index is 0.0165. The molecule has 0 spiro atoms. The molecule has 3 rings (SSSR count). The maximum Gasteiger partial charge on any atom is 0.261 e. The highest BCUT2D eigenvalue weighted by atomic mass is 32.1. The van der Waals surface area contributed by atoms with Gasteiger partial charge in [-0.2, -0.15) is 5.10 Å². The van der Waals surface area contributed by atoms with Crippen LogP contribution >= 0.6 is 11.3 Å². The molecule has 5 heteroatoms. The summed E-state index contributed by atoms with van der Waals surface area (Å²) in [6.45, 7) is 6.90. The topological polar surface area (TPSA) is 46.9 Å². The first-order chi connectivity index (χ1) is 11.6. The zero-order valence-corrected chi connectivity index (χ0v) is 15.2. The number of rotatable bonds is 6. The lowest BCUT2D eigenvalue weighted by atomic mass is 10.2. The van der Waals surface area contributed by atoms with Crippen LogP contribution in [0.15, 0.2) is 36.4 Å². The summed E-state index contributed by atoms with van der Waals surface area (Å²) in [5.74, 6) is 0.0165. The maximum absolute atomic E-state index is 12.4. The van der Waals surface area contributed by atoms with Crippen LogP contribution in [0.5, 0.6) is 0 Å². The number of carbonyl (C=O) groups excluding carboxylic acids is 1. The Hall–Kier alpha value is -2.14. The van der Waals surface area contributed by atoms with Crippen LogP contribution in [0.4, 0.5) is 0 Å². The van der Waals surface area contributed by atoms with E-state index in [1.807, 2.05) is 35.9 Å². The van der Waals surface area contributed by atoms with Crippen LogP contribution in [0.3, 0.4) is 0 Å². The summed E-state index contributed by atoms with van der Waals surface area (Å²) in [6.07, 6.45) is 2.07. The Morgan fingerprint density at radius 1 is 1.33 bits per heavy atom. The summed E-state index contributed by atoms with van der Waals surface area (Å²) in [7, 11) is 0. The Morgan fingerprint density at radius 2 is 2.08 bits per heavy atom. The second kappa shape index (κ2) is 7.18. The quantitative estimate of drug-likeness (QED) is 0.723. The lowest BCUT2D eigenvalue weighted by Crippen LogP contribution is -2.31. The van der Waals surface area contributed by atoms with E-state index in [1.54, 1.807) is 0 Å². The third-order valence-corrected chi connectivity index (χ3v) is 5.25. The highest BCUT2D eigenvalue weighted by Gasteiger charge is 2.17. The van der Waals surface area contributed by atoms with E-state index >= 15 is 0 Å². The van der Waals surface area contributed by atoms with Crippen molar-refractivity contribution in [3.05, 3.63) is 52.5 Å². The second-order valence-electron chi connectivity index (χ2n) is 6.22. The van der Waals surface area contributed by atoms with E-state index < -0.39 is 0 Å². The average Bonchev–Trinajstić information content (AvgIpc) is 3.11. The van der Waals surface area contributed by atoms with Gasteiger partial charge in [0, 0.05) is 11.4 Å². The number of nitrogens with zero attached hydrogens (tertiary/aromatic N) is 2. The summed E-state index contributed by atoms with van der Waals surface area (Å²) >= 11 is 1.52. The third-order valence-electron chi connectivity index (χ3n) is 4.11. The van der Waals surface area contributed by atoms with Crippen molar-refractivity contribution >= 4 is 27.5 Å². The van der Waals surface area contributed by atoms with Gasteiger partial charge in [-0.1, -0.05) is 43.7 Å². The molecular formula is C19H23N3OS. The van der Waals surface area contributed by atoms with Gasteiger partial charge in [-0.25, -0.2) is 0 Å². The normalized spacial score (nSPS) is 12.5. The van der Waals surface area contributed by atoms with Crippen molar-refractivity contribution in [2.45, 2.75) is 46.2 Å². The van der Waals surface area contributed by atoms with Gasteiger partial charge in [0.1, 0.15) is 4.83 Å². The van der Waals surface area contributed by atoms with Crippen LogP contribution in [-0.4, -0.2) is 21.7 Å². The molecule has 1 amide bonds. The van der Waals surface area contributed by atoms with Gasteiger partial charge in [0.25, 0.3) is 5.91 Å². The fourth-order valence-electron chi connectivity index (χ4n) is 2.89. The summed E-state index contributed by atoms with van der Waals surface area (Å²) in [5, 5.41) is 8.78. The van der Waals surface area contributed by atoms with Crippen molar-refractivity contribution < 1.29 is 4.79 Å². The van der Waals surface area contributed by atoms with E-state index in [0.29, 0.717) is 0 Å². The molecule has 0 fully saturated rings. The molecule has 0 aliphatic rings. The predicted molar refractivity (Wildman–Crippen MR) is 99.7 cm³/mol. The molecular weight excluding hydrogens is 318 g/mol. The molecule has 0 unspecified atom stereocenters. The van der Waals surface area contributed by atoms with Gasteiger partial charge in [0.15, 0.2) is 0 Å². The molecule has 126 valence electrons. The largest absolute Gasteiger partial charge is 0.349 e. The molecule has 0 saturated heterocycles. The van der Waals surface area contributed by atoms with Crippen LogP contribution in [0, 0.1) is 6.92 Å². The molecule has 24 heavy (non-hydrogen) atoms. The fourth-order valence-corrected chi connectivity index (χ4v) is 3.95. The Labute approximate surface area is 146 Å². The van der Waals surface area contributed by atoms with E-state index in [2.05, 4.69) is 36.4 Å². The van der Waals surface area contributed by atoms with Crippen molar-refractivity contribution in [2.75, 3.05) is 0 Å². The first-order valence-corrected chi connectivity index (χ1v) is 9.22. The van der Waals surface area contributed by atoms with E-state index in [4.69, 9.17) is 0 Å². The highest BCUT2D eigenvalue weighted by Crippen LogP contribution is 2.29. The molecule has 4 nitrogen and oxygen atoms in total. The van der Waals surface area contributed by atoms with Crippen LogP contribution in [0.2, 0.25) is 0 Å². The number of nitrogens with one attached hydrogen (secondary N) is 1. The van der Waals surface area contributed by atoms with E-state index in [9.17, 15) is 4.79 Å². The Morgan fingerprint density at radius 3 is 2.79 bits per heavy atom. The average molecular weight is 341 g/mol. The number of amides is 1. The molecule has 1 N–H and O–H groups in total. The van der Waals surface area contributed by atoms with Gasteiger partial charge < -0.3 is 5.32 Å². The summed E-state index contributed by atoms with van der Waals surface area (Å²) in [6, 6.07) is 12.4. The van der Waals surface area contributed by atoms with Crippen LogP contribution < -0.4 is 5.32 Å². The Balaban J connectivity index is 1.85. The lowest BCUT2D eigenvalue weighted by Gasteiger charge is -2.11. The molecule has 2 heterocycles. The molecule has 0 saturated carbocycles. The number of hydrogen-bond acceptors (Lipinski definition) is 3. The maximum atomic E-state index is 12.4. The minimum Gasteiger partial charge on any atom is -0.349 e. The number of aryl methyl sites for hydroxylation is 1. The number of carbonyl (C=O) groups is 1. The summed E-state index contributed by atoms with van der Waals surface area (Å²) in [4.78, 5) is 14.3. The van der Waals surface area contributed by atoms with Crippen molar-refractivity contribution in [2.24, 2.45) is 0 Å². The van der Waals surface area contributed by atoms with Gasteiger partial charge >= 0.3 is 0 Å².